The molecule has 0 aliphatic rings. The molecule has 0 radical (unpaired) electrons. The molecule has 0 aliphatic carbocycles. The van der Waals surface area contributed by atoms with Gasteiger partial charge in [0, 0.05) is 22.7 Å². The number of carbonyl (C=O) groups excluding carboxylic acids is 2. The van der Waals surface area contributed by atoms with Crippen LogP contribution in [0.4, 0.5) is 4.79 Å². The molecule has 2 amide bonds. The SMILES string of the molecule is NC(=O)N[C@@H](CC(=O)OCc1cc(=O)n2ccsc2n1)c1ccccc1Cl. The van der Waals surface area contributed by atoms with E-state index in [1.54, 1.807) is 35.8 Å². The minimum absolute atomic E-state index is 0.158. The summed E-state index contributed by atoms with van der Waals surface area (Å²) >= 11 is 7.43. The first-order valence-electron chi connectivity index (χ1n) is 7.86. The van der Waals surface area contributed by atoms with E-state index >= 15 is 0 Å². The molecule has 8 nitrogen and oxygen atoms in total. The summed E-state index contributed by atoms with van der Waals surface area (Å²) in [4.78, 5) is 40.2. The number of esters is 1. The van der Waals surface area contributed by atoms with Crippen molar-refractivity contribution in [1.82, 2.24) is 14.7 Å². The fraction of sp³-hybridized carbons (Fsp3) is 0.176. The molecule has 140 valence electrons. The van der Waals surface area contributed by atoms with Crippen LogP contribution >= 0.6 is 22.9 Å². The minimum Gasteiger partial charge on any atom is -0.459 e. The van der Waals surface area contributed by atoms with E-state index in [9.17, 15) is 14.4 Å². The number of aromatic nitrogens is 2. The van der Waals surface area contributed by atoms with E-state index in [4.69, 9.17) is 22.1 Å². The van der Waals surface area contributed by atoms with Gasteiger partial charge < -0.3 is 15.8 Å². The number of rotatable bonds is 6. The Morgan fingerprint density at radius 1 is 1.37 bits per heavy atom. The van der Waals surface area contributed by atoms with Crippen molar-refractivity contribution in [1.29, 1.82) is 0 Å². The van der Waals surface area contributed by atoms with Gasteiger partial charge in [0.25, 0.3) is 5.56 Å². The monoisotopic (exact) mass is 406 g/mol. The number of halogens is 1. The highest BCUT2D eigenvalue weighted by atomic mass is 35.5. The molecule has 27 heavy (non-hydrogen) atoms. The highest BCUT2D eigenvalue weighted by Gasteiger charge is 2.21. The number of nitrogens with one attached hydrogen (secondary N) is 1. The van der Waals surface area contributed by atoms with Crippen LogP contribution in [-0.2, 0) is 16.1 Å². The third-order valence-electron chi connectivity index (χ3n) is 3.71. The normalized spacial score (nSPS) is 11.9. The fourth-order valence-corrected chi connectivity index (χ4v) is 3.52. The van der Waals surface area contributed by atoms with Gasteiger partial charge in [0.2, 0.25) is 0 Å². The summed E-state index contributed by atoms with van der Waals surface area (Å²) < 4.78 is 6.60. The molecule has 10 heteroatoms. The predicted octanol–water partition coefficient (Wildman–Crippen LogP) is 2.25. The average Bonchev–Trinajstić information content (AvgIpc) is 3.09. The van der Waals surface area contributed by atoms with Crippen LogP contribution < -0.4 is 16.6 Å². The molecule has 2 aromatic heterocycles. The summed E-state index contributed by atoms with van der Waals surface area (Å²) in [7, 11) is 0. The second-order valence-electron chi connectivity index (χ2n) is 5.59. The molecular formula is C17H15ClN4O4S. The highest BCUT2D eigenvalue weighted by Crippen LogP contribution is 2.25. The van der Waals surface area contributed by atoms with Crippen molar-refractivity contribution in [2.75, 3.05) is 0 Å². The molecule has 1 atom stereocenters. The number of fused-ring (bicyclic) bond motifs is 1. The maximum absolute atomic E-state index is 12.2. The Morgan fingerprint density at radius 2 is 2.15 bits per heavy atom. The summed E-state index contributed by atoms with van der Waals surface area (Å²) in [5.41, 5.74) is 5.82. The number of hydrogen-bond acceptors (Lipinski definition) is 6. The van der Waals surface area contributed by atoms with E-state index in [0.717, 1.165) is 0 Å². The molecule has 0 bridgehead atoms. The Bertz CT molecular complexity index is 1050. The topological polar surface area (TPSA) is 116 Å². The lowest BCUT2D eigenvalue weighted by molar-refractivity contribution is -0.145. The molecule has 1 aromatic carbocycles. The van der Waals surface area contributed by atoms with Crippen molar-refractivity contribution in [3.8, 4) is 0 Å². The van der Waals surface area contributed by atoms with Gasteiger partial charge in [-0.25, -0.2) is 9.78 Å². The van der Waals surface area contributed by atoms with Gasteiger partial charge in [0.15, 0.2) is 4.96 Å². The zero-order chi connectivity index (χ0) is 19.4. The van der Waals surface area contributed by atoms with Gasteiger partial charge in [-0.1, -0.05) is 29.8 Å². The Labute approximate surface area is 162 Å². The van der Waals surface area contributed by atoms with Gasteiger partial charge in [-0.15, -0.1) is 11.3 Å². The third-order valence-corrected chi connectivity index (χ3v) is 4.81. The lowest BCUT2D eigenvalue weighted by atomic mass is 10.0. The lowest BCUT2D eigenvalue weighted by Gasteiger charge is -2.18. The zero-order valence-electron chi connectivity index (χ0n) is 13.9. The van der Waals surface area contributed by atoms with Crippen LogP contribution in [0.5, 0.6) is 0 Å². The summed E-state index contributed by atoms with van der Waals surface area (Å²) in [6.45, 7) is -0.158. The van der Waals surface area contributed by atoms with Gasteiger partial charge in [-0.05, 0) is 11.6 Å². The maximum Gasteiger partial charge on any atom is 0.312 e. The van der Waals surface area contributed by atoms with Crippen molar-refractivity contribution in [3.63, 3.8) is 0 Å². The number of thiazole rings is 1. The van der Waals surface area contributed by atoms with Crippen molar-refractivity contribution in [3.05, 3.63) is 68.5 Å². The van der Waals surface area contributed by atoms with Crippen LogP contribution in [0.15, 0.2) is 46.7 Å². The molecule has 3 rings (SSSR count). The largest absolute Gasteiger partial charge is 0.459 e. The van der Waals surface area contributed by atoms with Gasteiger partial charge in [0.05, 0.1) is 18.2 Å². The van der Waals surface area contributed by atoms with E-state index in [0.29, 0.717) is 21.2 Å². The fourth-order valence-electron chi connectivity index (χ4n) is 2.51. The van der Waals surface area contributed by atoms with Crippen LogP contribution in [-0.4, -0.2) is 21.4 Å². The van der Waals surface area contributed by atoms with Crippen LogP contribution in [0, 0.1) is 0 Å². The maximum atomic E-state index is 12.2. The predicted molar refractivity (Wildman–Crippen MR) is 101 cm³/mol. The van der Waals surface area contributed by atoms with E-state index in [-0.39, 0.29) is 18.6 Å². The van der Waals surface area contributed by atoms with Crippen LogP contribution in [0.3, 0.4) is 0 Å². The number of benzene rings is 1. The number of urea groups is 1. The molecule has 0 spiro atoms. The Hall–Kier alpha value is -2.91. The molecule has 0 unspecified atom stereocenters. The first-order chi connectivity index (χ1) is 12.9. The number of primary amides is 1. The van der Waals surface area contributed by atoms with Crippen molar-refractivity contribution in [2.24, 2.45) is 5.73 Å². The number of carbonyl (C=O) groups is 2. The summed E-state index contributed by atoms with van der Waals surface area (Å²) in [6.07, 6.45) is 1.45. The van der Waals surface area contributed by atoms with Gasteiger partial charge in [-0.2, -0.15) is 0 Å². The highest BCUT2D eigenvalue weighted by molar-refractivity contribution is 7.15. The minimum atomic E-state index is -0.787. The lowest BCUT2D eigenvalue weighted by Crippen LogP contribution is -2.34. The number of nitrogens with two attached hydrogens (primary N) is 1. The van der Waals surface area contributed by atoms with Gasteiger partial charge in [0.1, 0.15) is 6.61 Å². The summed E-state index contributed by atoms with van der Waals surface area (Å²) in [5, 5.41) is 4.61. The first kappa shape index (κ1) is 18.9. The quantitative estimate of drug-likeness (QED) is 0.609. The van der Waals surface area contributed by atoms with Gasteiger partial charge in [-0.3, -0.25) is 14.0 Å². The molecule has 3 aromatic rings. The van der Waals surface area contributed by atoms with Crippen molar-refractivity contribution in [2.45, 2.75) is 19.1 Å². The Kier molecular flexibility index (Phi) is 5.72. The molecule has 0 fully saturated rings. The van der Waals surface area contributed by atoms with Crippen LogP contribution in [0.25, 0.3) is 4.96 Å². The molecule has 0 saturated heterocycles. The number of nitrogens with zero attached hydrogens (tertiary/aromatic N) is 2. The molecule has 0 aliphatic heterocycles. The molecule has 3 N–H and O–H groups in total. The second-order valence-corrected chi connectivity index (χ2v) is 6.87. The average molecular weight is 407 g/mol. The standard InChI is InChI=1S/C17H15ClN4O4S/c18-12-4-2-1-3-11(12)13(21-16(19)25)8-15(24)26-9-10-7-14(23)22-5-6-27-17(22)20-10/h1-7,13H,8-9H2,(H3,19,21,25)/t13-/m0/s1. The van der Waals surface area contributed by atoms with Crippen LogP contribution in [0.2, 0.25) is 5.02 Å². The number of hydrogen-bond donors (Lipinski definition) is 2. The second kappa shape index (κ2) is 8.19. The summed E-state index contributed by atoms with van der Waals surface area (Å²) in [6, 6.07) is 6.58. The Balaban J connectivity index is 1.69. The van der Waals surface area contributed by atoms with Crippen molar-refractivity contribution >= 4 is 39.9 Å². The van der Waals surface area contributed by atoms with E-state index < -0.39 is 18.0 Å². The van der Waals surface area contributed by atoms with Crippen molar-refractivity contribution < 1.29 is 14.3 Å². The molecule has 0 saturated carbocycles. The molecule has 2 heterocycles. The summed E-state index contributed by atoms with van der Waals surface area (Å²) in [5.74, 6) is -0.596. The first-order valence-corrected chi connectivity index (χ1v) is 9.11. The number of ether oxygens (including phenoxy) is 1. The Morgan fingerprint density at radius 3 is 2.89 bits per heavy atom. The smallest absolute Gasteiger partial charge is 0.312 e. The third kappa shape index (κ3) is 4.63. The number of amides is 2. The molecular weight excluding hydrogens is 392 g/mol. The van der Waals surface area contributed by atoms with Crippen LogP contribution in [0.1, 0.15) is 23.7 Å². The van der Waals surface area contributed by atoms with E-state index in [1.165, 1.54) is 21.8 Å². The van der Waals surface area contributed by atoms with E-state index in [2.05, 4.69) is 10.3 Å². The zero-order valence-corrected chi connectivity index (χ0v) is 15.5. The van der Waals surface area contributed by atoms with E-state index in [1.807, 2.05) is 0 Å². The van der Waals surface area contributed by atoms with Gasteiger partial charge >= 0.3 is 12.0 Å².